The number of methoxy groups -OCH3 is 1. The molecule has 3 aromatic rings. The zero-order valence-corrected chi connectivity index (χ0v) is 28.9. The minimum absolute atomic E-state index is 0.00318. The number of hydrogen-bond donors (Lipinski definition) is 2. The van der Waals surface area contributed by atoms with Crippen molar-refractivity contribution in [2.45, 2.75) is 52.5 Å². The number of ether oxygens (including phenoxy) is 1. The molecule has 2 aliphatic rings. The molecule has 1 fully saturated rings. The first-order valence-electron chi connectivity index (χ1n) is 15.8. The van der Waals surface area contributed by atoms with E-state index >= 15 is 0 Å². The van der Waals surface area contributed by atoms with E-state index in [0.717, 1.165) is 53.9 Å². The number of anilines is 1. The van der Waals surface area contributed by atoms with Crippen molar-refractivity contribution in [1.29, 1.82) is 0 Å². The van der Waals surface area contributed by atoms with E-state index in [-0.39, 0.29) is 12.0 Å². The van der Waals surface area contributed by atoms with Crippen molar-refractivity contribution >= 4 is 35.6 Å². The number of aromatic nitrogens is 1. The number of allylic oxidation sites excluding steroid dienone is 2. The van der Waals surface area contributed by atoms with Gasteiger partial charge in [0.05, 0.1) is 17.8 Å². The van der Waals surface area contributed by atoms with E-state index in [0.29, 0.717) is 22.6 Å². The third-order valence-corrected chi connectivity index (χ3v) is 8.62. The maximum Gasteiger partial charge on any atom is 0.290 e. The first-order chi connectivity index (χ1) is 22.7. The number of carboxylic acid groups (broad SMARTS) is 1. The van der Waals surface area contributed by atoms with E-state index in [1.165, 1.54) is 41.0 Å². The zero-order valence-electron chi connectivity index (χ0n) is 28.1. The number of carbonyl (C=O) groups is 3. The lowest BCUT2D eigenvalue weighted by Crippen LogP contribution is -2.30. The fourth-order valence-electron chi connectivity index (χ4n) is 6.09. The lowest BCUT2D eigenvalue weighted by molar-refractivity contribution is -0.127. The molecule has 250 valence electrons. The van der Waals surface area contributed by atoms with Gasteiger partial charge in [0.15, 0.2) is 0 Å². The topological polar surface area (TPSA) is 112 Å². The summed E-state index contributed by atoms with van der Waals surface area (Å²) in [6, 6.07) is 14.1. The number of fused-ring (bicyclic) bond motifs is 1. The van der Waals surface area contributed by atoms with Gasteiger partial charge < -0.3 is 20.1 Å². The summed E-state index contributed by atoms with van der Waals surface area (Å²) in [5, 5.41) is 10.4. The highest BCUT2D eigenvalue weighted by atomic mass is 35.5. The molecule has 1 aliphatic heterocycles. The van der Waals surface area contributed by atoms with Crippen molar-refractivity contribution in [3.63, 3.8) is 0 Å². The molecule has 5 rings (SSSR count). The van der Waals surface area contributed by atoms with E-state index in [9.17, 15) is 9.59 Å². The Kier molecular flexibility index (Phi) is 13.7. The monoisotopic (exact) mass is 660 g/mol. The van der Waals surface area contributed by atoms with Gasteiger partial charge in [-0.25, -0.2) is 4.98 Å². The van der Waals surface area contributed by atoms with E-state index in [1.807, 2.05) is 57.2 Å². The van der Waals surface area contributed by atoms with Crippen LogP contribution < -0.4 is 10.1 Å². The van der Waals surface area contributed by atoms with Crippen molar-refractivity contribution in [2.24, 2.45) is 0 Å². The van der Waals surface area contributed by atoms with Crippen molar-refractivity contribution in [3.05, 3.63) is 88.5 Å². The maximum atomic E-state index is 13.1. The van der Waals surface area contributed by atoms with E-state index in [4.69, 9.17) is 31.2 Å². The SMILES string of the molecule is C=C/C=C(/C(=O)Nc1cccc(-c2cccc(-c3cc4c(c(OC)n3)C(N3CCCC3)CC4)c2Cl)c1C)C(=O)N(C)C.CC.O=CO. The fraction of sp³-hybridized carbons (Fsp3) is 0.351. The Hall–Kier alpha value is -4.47. The molecule has 2 amide bonds. The molecule has 9 nitrogen and oxygen atoms in total. The van der Waals surface area contributed by atoms with Gasteiger partial charge in [0.1, 0.15) is 5.57 Å². The second kappa shape index (κ2) is 17.4. The molecule has 1 aromatic heterocycles. The molecule has 47 heavy (non-hydrogen) atoms. The number of pyridine rings is 1. The number of amides is 2. The summed E-state index contributed by atoms with van der Waals surface area (Å²) in [5.74, 6) is -0.230. The van der Waals surface area contributed by atoms with Gasteiger partial charge in [-0.2, -0.15) is 0 Å². The normalized spacial score (nSPS) is 15.3. The van der Waals surface area contributed by atoms with Crippen LogP contribution >= 0.6 is 11.6 Å². The molecule has 0 saturated carbocycles. The number of benzene rings is 2. The minimum atomic E-state index is -0.504. The zero-order chi connectivity index (χ0) is 34.7. The van der Waals surface area contributed by atoms with Crippen LogP contribution in [0.5, 0.6) is 5.88 Å². The maximum absolute atomic E-state index is 13.1. The van der Waals surface area contributed by atoms with Crippen LogP contribution in [-0.4, -0.2) is 72.5 Å². The second-order valence-corrected chi connectivity index (χ2v) is 11.5. The van der Waals surface area contributed by atoms with Crippen LogP contribution in [-0.2, 0) is 20.8 Å². The number of likely N-dealkylation sites (tertiary alicyclic amines) is 1. The summed E-state index contributed by atoms with van der Waals surface area (Å²) in [7, 11) is 4.89. The van der Waals surface area contributed by atoms with Crippen molar-refractivity contribution in [3.8, 4) is 28.3 Å². The average molecular weight is 661 g/mol. The molecular formula is C37H45ClN4O5. The molecule has 1 aliphatic carbocycles. The number of likely N-dealkylation sites (N-methyl/N-ethyl adjacent to an activating group) is 1. The molecule has 2 N–H and O–H groups in total. The Balaban J connectivity index is 0.00000114. The van der Waals surface area contributed by atoms with Crippen LogP contribution in [0.1, 0.15) is 55.8 Å². The molecule has 1 atom stereocenters. The highest BCUT2D eigenvalue weighted by Gasteiger charge is 2.34. The summed E-state index contributed by atoms with van der Waals surface area (Å²) < 4.78 is 5.84. The summed E-state index contributed by atoms with van der Waals surface area (Å²) in [6.07, 6.45) is 7.40. The Bertz CT molecular complexity index is 1630. The first kappa shape index (κ1) is 37.0. The summed E-state index contributed by atoms with van der Waals surface area (Å²) in [6.45, 7) is 11.6. The molecular weight excluding hydrogens is 616 g/mol. The number of hydrogen-bond acceptors (Lipinski definition) is 6. The third-order valence-electron chi connectivity index (χ3n) is 8.22. The van der Waals surface area contributed by atoms with E-state index in [1.54, 1.807) is 21.2 Å². The predicted octanol–water partition coefficient (Wildman–Crippen LogP) is 7.34. The molecule has 0 radical (unpaired) electrons. The van der Waals surface area contributed by atoms with Crippen LogP contribution in [0.2, 0.25) is 5.02 Å². The van der Waals surface area contributed by atoms with Crippen molar-refractivity contribution in [1.82, 2.24) is 14.8 Å². The molecule has 2 aromatic carbocycles. The highest BCUT2D eigenvalue weighted by Crippen LogP contribution is 2.45. The fourth-order valence-corrected chi connectivity index (χ4v) is 6.41. The number of halogens is 1. The van der Waals surface area contributed by atoms with Crippen LogP contribution in [0.3, 0.4) is 0 Å². The second-order valence-electron chi connectivity index (χ2n) is 11.1. The minimum Gasteiger partial charge on any atom is -0.483 e. The average Bonchev–Trinajstić information content (AvgIpc) is 3.76. The first-order valence-corrected chi connectivity index (χ1v) is 16.2. The largest absolute Gasteiger partial charge is 0.483 e. The van der Waals surface area contributed by atoms with Crippen LogP contribution in [0.15, 0.2) is 66.8 Å². The van der Waals surface area contributed by atoms with Crippen molar-refractivity contribution in [2.75, 3.05) is 39.6 Å². The Labute approximate surface area is 282 Å². The quantitative estimate of drug-likeness (QED) is 0.0855. The van der Waals surface area contributed by atoms with Gasteiger partial charge in [-0.1, -0.05) is 68.4 Å². The summed E-state index contributed by atoms with van der Waals surface area (Å²) in [5.41, 5.74) is 7.20. The van der Waals surface area contributed by atoms with Crippen LogP contribution in [0, 0.1) is 6.92 Å². The van der Waals surface area contributed by atoms with Gasteiger partial charge >= 0.3 is 0 Å². The predicted molar refractivity (Wildman–Crippen MR) is 189 cm³/mol. The van der Waals surface area contributed by atoms with E-state index in [2.05, 4.69) is 22.9 Å². The number of carbonyl (C=O) groups excluding carboxylic acids is 2. The van der Waals surface area contributed by atoms with Crippen LogP contribution in [0.25, 0.3) is 22.4 Å². The van der Waals surface area contributed by atoms with Gasteiger partial charge in [-0.15, -0.1) is 0 Å². The van der Waals surface area contributed by atoms with Gasteiger partial charge in [-0.05, 0) is 80.6 Å². The van der Waals surface area contributed by atoms with Crippen LogP contribution in [0.4, 0.5) is 5.69 Å². The number of nitrogens with one attached hydrogen (secondary N) is 1. The number of aryl methyl sites for hydroxylation is 1. The lowest BCUT2D eigenvalue weighted by Gasteiger charge is -2.25. The Morgan fingerprint density at radius 3 is 2.34 bits per heavy atom. The molecule has 0 spiro atoms. The third kappa shape index (κ3) is 8.28. The standard InChI is InChI=1S/C34H37ClN4O3.C2H6.CH2O2/c1-6-11-26(34(41)38(3)4)32(40)36-27-15-10-12-23(21(27)2)24-13-9-14-25(31(24)35)28-20-22-16-17-29(39-18-7-8-19-39)30(22)33(37-28)42-5;1-2;2-1-3/h6,9-15,20,29H,1,7-8,16-19H2,2-5H3,(H,36,40);1-2H3;1H,(H,2,3)/b26-11-;;. The number of rotatable bonds is 8. The van der Waals surface area contributed by atoms with E-state index < -0.39 is 11.8 Å². The lowest BCUT2D eigenvalue weighted by atomic mass is 9.96. The molecule has 0 bridgehead atoms. The van der Waals surface area contributed by atoms with Gasteiger partial charge in [0.25, 0.3) is 18.3 Å². The summed E-state index contributed by atoms with van der Waals surface area (Å²) >= 11 is 7.11. The number of nitrogens with zero attached hydrogens (tertiary/aromatic N) is 3. The molecule has 1 unspecified atom stereocenters. The van der Waals surface area contributed by atoms with Crippen molar-refractivity contribution < 1.29 is 24.2 Å². The van der Waals surface area contributed by atoms with Gasteiger partial charge in [0.2, 0.25) is 5.88 Å². The highest BCUT2D eigenvalue weighted by molar-refractivity contribution is 6.36. The Morgan fingerprint density at radius 2 is 1.72 bits per heavy atom. The molecule has 1 saturated heterocycles. The molecule has 10 heteroatoms. The van der Waals surface area contributed by atoms with Gasteiger partial charge in [-0.3, -0.25) is 19.3 Å². The smallest absolute Gasteiger partial charge is 0.290 e. The van der Waals surface area contributed by atoms with Gasteiger partial charge in [0, 0.05) is 42.5 Å². The Morgan fingerprint density at radius 1 is 1.11 bits per heavy atom. The summed E-state index contributed by atoms with van der Waals surface area (Å²) in [4.78, 5) is 42.9. The molecule has 2 heterocycles.